The second-order valence-electron chi connectivity index (χ2n) is 5.63. The van der Waals surface area contributed by atoms with Crippen LogP contribution in [0.5, 0.6) is 0 Å². The number of aryl methyl sites for hydroxylation is 1. The Labute approximate surface area is 128 Å². The third-order valence-electron chi connectivity index (χ3n) is 4.39. The van der Waals surface area contributed by atoms with Gasteiger partial charge in [0.1, 0.15) is 0 Å². The second kappa shape index (κ2) is 7.28. The first kappa shape index (κ1) is 15.6. The Balaban J connectivity index is 2.19. The molecule has 2 aromatic rings. The molecule has 2 aromatic carbocycles. The van der Waals surface area contributed by atoms with E-state index in [0.717, 1.165) is 6.42 Å². The van der Waals surface area contributed by atoms with Crippen molar-refractivity contribution >= 4 is 5.69 Å². The van der Waals surface area contributed by atoms with Crippen molar-refractivity contribution in [2.75, 3.05) is 18.5 Å². The molecule has 2 unspecified atom stereocenters. The molecule has 0 amide bonds. The van der Waals surface area contributed by atoms with E-state index in [4.69, 9.17) is 5.73 Å². The lowest BCUT2D eigenvalue weighted by molar-refractivity contribution is 0.547. The number of hydrogen-bond acceptors (Lipinski definition) is 2. The van der Waals surface area contributed by atoms with Gasteiger partial charge in [0, 0.05) is 31.2 Å². The van der Waals surface area contributed by atoms with E-state index in [-0.39, 0.29) is 0 Å². The molecule has 0 fully saturated rings. The Morgan fingerprint density at radius 1 is 1.00 bits per heavy atom. The van der Waals surface area contributed by atoms with Crippen molar-refractivity contribution in [2.45, 2.75) is 32.2 Å². The second-order valence-corrected chi connectivity index (χ2v) is 5.63. The zero-order valence-electron chi connectivity index (χ0n) is 13.3. The molecule has 2 rings (SSSR count). The Morgan fingerprint density at radius 3 is 2.14 bits per heavy atom. The van der Waals surface area contributed by atoms with Gasteiger partial charge in [-0.15, -0.1) is 0 Å². The molecule has 2 atom stereocenters. The van der Waals surface area contributed by atoms with Gasteiger partial charge in [0.2, 0.25) is 0 Å². The van der Waals surface area contributed by atoms with Gasteiger partial charge in [0.05, 0.1) is 0 Å². The molecule has 0 saturated carbocycles. The average Bonchev–Trinajstić information content (AvgIpc) is 2.56. The van der Waals surface area contributed by atoms with Crippen LogP contribution in [0.3, 0.4) is 0 Å². The zero-order chi connectivity index (χ0) is 15.2. The third-order valence-corrected chi connectivity index (χ3v) is 4.39. The highest BCUT2D eigenvalue weighted by Gasteiger charge is 2.22. The van der Waals surface area contributed by atoms with E-state index in [0.29, 0.717) is 18.5 Å². The summed E-state index contributed by atoms with van der Waals surface area (Å²) < 4.78 is 0. The number of hydrogen-bond donors (Lipinski definition) is 1. The SMILES string of the molecule is CCc1ccc(N(C)C(CN)C(C)c2ccccc2)cc1. The molecular formula is C19H26N2. The fourth-order valence-corrected chi connectivity index (χ4v) is 2.83. The molecule has 0 aliphatic carbocycles. The van der Waals surface area contributed by atoms with Gasteiger partial charge in [0.25, 0.3) is 0 Å². The van der Waals surface area contributed by atoms with Crippen molar-refractivity contribution in [1.82, 2.24) is 0 Å². The van der Waals surface area contributed by atoms with Gasteiger partial charge in [-0.3, -0.25) is 0 Å². The Morgan fingerprint density at radius 2 is 1.62 bits per heavy atom. The molecule has 2 heteroatoms. The molecule has 0 radical (unpaired) electrons. The summed E-state index contributed by atoms with van der Waals surface area (Å²) in [7, 11) is 2.14. The van der Waals surface area contributed by atoms with Gasteiger partial charge < -0.3 is 10.6 Å². The third kappa shape index (κ3) is 3.64. The van der Waals surface area contributed by atoms with Crippen molar-refractivity contribution in [3.8, 4) is 0 Å². The monoisotopic (exact) mass is 282 g/mol. The summed E-state index contributed by atoms with van der Waals surface area (Å²) in [6.45, 7) is 5.07. The smallest absolute Gasteiger partial charge is 0.0474 e. The first-order valence-electron chi connectivity index (χ1n) is 7.74. The number of nitrogens with zero attached hydrogens (tertiary/aromatic N) is 1. The van der Waals surface area contributed by atoms with Crippen LogP contribution in [0.25, 0.3) is 0 Å². The van der Waals surface area contributed by atoms with E-state index in [1.165, 1.54) is 16.8 Å². The van der Waals surface area contributed by atoms with Crippen molar-refractivity contribution in [3.63, 3.8) is 0 Å². The quantitative estimate of drug-likeness (QED) is 0.873. The summed E-state index contributed by atoms with van der Waals surface area (Å²) in [4.78, 5) is 2.30. The summed E-state index contributed by atoms with van der Waals surface area (Å²) >= 11 is 0. The van der Waals surface area contributed by atoms with Crippen LogP contribution in [0.1, 0.15) is 30.9 Å². The van der Waals surface area contributed by atoms with Gasteiger partial charge in [-0.2, -0.15) is 0 Å². The van der Waals surface area contributed by atoms with Crippen LogP contribution < -0.4 is 10.6 Å². The maximum Gasteiger partial charge on any atom is 0.0474 e. The van der Waals surface area contributed by atoms with Crippen LogP contribution in [0.4, 0.5) is 5.69 Å². The lowest BCUT2D eigenvalue weighted by atomic mass is 9.92. The molecule has 112 valence electrons. The summed E-state index contributed by atoms with van der Waals surface area (Å²) in [6.07, 6.45) is 1.07. The van der Waals surface area contributed by atoms with Gasteiger partial charge in [-0.25, -0.2) is 0 Å². The first-order chi connectivity index (χ1) is 10.2. The lowest BCUT2D eigenvalue weighted by Crippen LogP contribution is -2.41. The Bertz CT molecular complexity index is 533. The van der Waals surface area contributed by atoms with Gasteiger partial charge in [-0.1, -0.05) is 56.3 Å². The highest BCUT2D eigenvalue weighted by molar-refractivity contribution is 5.49. The molecule has 0 heterocycles. The maximum atomic E-state index is 6.06. The average molecular weight is 282 g/mol. The normalized spacial score (nSPS) is 13.7. The van der Waals surface area contributed by atoms with Crippen LogP contribution in [0.2, 0.25) is 0 Å². The van der Waals surface area contributed by atoms with Crippen molar-refractivity contribution in [3.05, 3.63) is 65.7 Å². The predicted octanol–water partition coefficient (Wildman–Crippen LogP) is 3.82. The van der Waals surface area contributed by atoms with Crippen molar-refractivity contribution < 1.29 is 0 Å². The highest BCUT2D eigenvalue weighted by atomic mass is 15.1. The van der Waals surface area contributed by atoms with Crippen LogP contribution in [0.15, 0.2) is 54.6 Å². The Kier molecular flexibility index (Phi) is 5.40. The minimum atomic E-state index is 0.292. The number of nitrogens with two attached hydrogens (primary N) is 1. The van der Waals surface area contributed by atoms with E-state index in [1.54, 1.807) is 0 Å². The number of likely N-dealkylation sites (N-methyl/N-ethyl adjacent to an activating group) is 1. The summed E-state index contributed by atoms with van der Waals surface area (Å²) in [5.41, 5.74) is 10.00. The van der Waals surface area contributed by atoms with Crippen LogP contribution in [-0.4, -0.2) is 19.6 Å². The van der Waals surface area contributed by atoms with E-state index >= 15 is 0 Å². The fraction of sp³-hybridized carbons (Fsp3) is 0.368. The summed E-state index contributed by atoms with van der Waals surface area (Å²) in [6, 6.07) is 19.7. The lowest BCUT2D eigenvalue weighted by Gasteiger charge is -2.34. The summed E-state index contributed by atoms with van der Waals surface area (Å²) in [5, 5.41) is 0. The molecule has 0 bridgehead atoms. The highest BCUT2D eigenvalue weighted by Crippen LogP contribution is 2.26. The number of benzene rings is 2. The molecule has 2 N–H and O–H groups in total. The summed E-state index contributed by atoms with van der Waals surface area (Å²) in [5.74, 6) is 0.395. The zero-order valence-corrected chi connectivity index (χ0v) is 13.3. The Hall–Kier alpha value is -1.80. The topological polar surface area (TPSA) is 29.3 Å². The predicted molar refractivity (Wildman–Crippen MR) is 91.9 cm³/mol. The molecular weight excluding hydrogens is 256 g/mol. The molecule has 2 nitrogen and oxygen atoms in total. The van der Waals surface area contributed by atoms with Gasteiger partial charge in [0.15, 0.2) is 0 Å². The van der Waals surface area contributed by atoms with Gasteiger partial charge in [-0.05, 0) is 29.7 Å². The van der Waals surface area contributed by atoms with E-state index < -0.39 is 0 Å². The standard InChI is InChI=1S/C19H26N2/c1-4-16-10-12-18(13-11-16)21(3)19(14-20)15(2)17-8-6-5-7-9-17/h5-13,15,19H,4,14,20H2,1-3H3. The minimum Gasteiger partial charge on any atom is -0.370 e. The fourth-order valence-electron chi connectivity index (χ4n) is 2.83. The van der Waals surface area contributed by atoms with Gasteiger partial charge >= 0.3 is 0 Å². The van der Waals surface area contributed by atoms with E-state index in [2.05, 4.69) is 80.4 Å². The molecule has 0 aliphatic heterocycles. The first-order valence-corrected chi connectivity index (χ1v) is 7.74. The molecule has 0 aliphatic rings. The largest absolute Gasteiger partial charge is 0.370 e. The van der Waals surface area contributed by atoms with Crippen molar-refractivity contribution in [1.29, 1.82) is 0 Å². The molecule has 0 aromatic heterocycles. The maximum absolute atomic E-state index is 6.06. The van der Waals surface area contributed by atoms with E-state index in [9.17, 15) is 0 Å². The molecule has 0 spiro atoms. The molecule has 21 heavy (non-hydrogen) atoms. The van der Waals surface area contributed by atoms with Crippen LogP contribution in [0, 0.1) is 0 Å². The van der Waals surface area contributed by atoms with Crippen molar-refractivity contribution in [2.24, 2.45) is 5.73 Å². The minimum absolute atomic E-state index is 0.292. The van der Waals surface area contributed by atoms with Crippen LogP contribution in [-0.2, 0) is 6.42 Å². The molecule has 0 saturated heterocycles. The number of anilines is 1. The van der Waals surface area contributed by atoms with Crippen LogP contribution >= 0.6 is 0 Å². The number of rotatable bonds is 6. The van der Waals surface area contributed by atoms with E-state index in [1.807, 2.05) is 0 Å².